The molecule has 0 bridgehead atoms. The van der Waals surface area contributed by atoms with E-state index < -0.39 is 11.8 Å². The minimum Gasteiger partial charge on any atom is -0.396 e. The normalized spacial score (nSPS) is 22.5. The van der Waals surface area contributed by atoms with Gasteiger partial charge in [0.25, 0.3) is 0 Å². The lowest BCUT2D eigenvalue weighted by Crippen LogP contribution is -2.29. The summed E-state index contributed by atoms with van der Waals surface area (Å²) < 4.78 is 6.65. The fraction of sp³-hybridized carbons (Fsp3) is 0.722. The number of anilines is 1. The van der Waals surface area contributed by atoms with E-state index in [9.17, 15) is 19.8 Å². The summed E-state index contributed by atoms with van der Waals surface area (Å²) in [6, 6.07) is -0.230. The monoisotopic (exact) mass is 367 g/mol. The van der Waals surface area contributed by atoms with Gasteiger partial charge in [-0.3, -0.25) is 9.36 Å². The van der Waals surface area contributed by atoms with Gasteiger partial charge < -0.3 is 20.3 Å². The Hall–Kier alpha value is -1.77. The van der Waals surface area contributed by atoms with Gasteiger partial charge in [-0.15, -0.1) is 0 Å². The summed E-state index contributed by atoms with van der Waals surface area (Å²) >= 11 is 0. The van der Waals surface area contributed by atoms with Crippen molar-refractivity contribution >= 4 is 11.7 Å². The highest BCUT2D eigenvalue weighted by molar-refractivity contribution is 5.90. The maximum absolute atomic E-state index is 12.4. The van der Waals surface area contributed by atoms with Gasteiger partial charge in [0.2, 0.25) is 5.91 Å². The van der Waals surface area contributed by atoms with Crippen LogP contribution in [0.5, 0.6) is 0 Å². The summed E-state index contributed by atoms with van der Waals surface area (Å²) in [4.78, 5) is 28.5. The summed E-state index contributed by atoms with van der Waals surface area (Å²) in [5.74, 6) is -0.181. The molecule has 26 heavy (non-hydrogen) atoms. The molecule has 1 amide bonds. The molecule has 0 radical (unpaired) electrons. The Morgan fingerprint density at radius 2 is 2.19 bits per heavy atom. The van der Waals surface area contributed by atoms with E-state index in [-0.39, 0.29) is 36.9 Å². The minimum absolute atomic E-state index is 0.114. The quantitative estimate of drug-likeness (QED) is 0.566. The third-order valence-corrected chi connectivity index (χ3v) is 4.85. The van der Waals surface area contributed by atoms with Crippen LogP contribution < -0.4 is 11.0 Å². The van der Waals surface area contributed by atoms with Crippen molar-refractivity contribution in [1.82, 2.24) is 9.55 Å². The molecule has 0 spiro atoms. The van der Waals surface area contributed by atoms with Crippen molar-refractivity contribution in [2.75, 3.05) is 19.0 Å². The Morgan fingerprint density at radius 1 is 1.42 bits per heavy atom. The maximum atomic E-state index is 12.4. The number of rotatable bonds is 9. The molecule has 0 saturated heterocycles. The van der Waals surface area contributed by atoms with Crippen LogP contribution in [0.4, 0.5) is 5.82 Å². The van der Waals surface area contributed by atoms with Gasteiger partial charge in [-0.25, -0.2) is 4.79 Å². The van der Waals surface area contributed by atoms with Gasteiger partial charge >= 0.3 is 5.69 Å². The van der Waals surface area contributed by atoms with E-state index in [1.807, 2.05) is 0 Å². The van der Waals surface area contributed by atoms with Crippen LogP contribution in [0.2, 0.25) is 0 Å². The summed E-state index contributed by atoms with van der Waals surface area (Å²) in [6.07, 6.45) is 5.08. The van der Waals surface area contributed by atoms with E-state index in [1.54, 1.807) is 6.20 Å². The summed E-state index contributed by atoms with van der Waals surface area (Å²) in [5.41, 5.74) is 0.127. The molecular weight excluding hydrogens is 338 g/mol. The van der Waals surface area contributed by atoms with Gasteiger partial charge in [-0.2, -0.15) is 4.98 Å². The molecule has 146 valence electrons. The molecule has 1 aliphatic rings. The molecule has 1 aliphatic carbocycles. The van der Waals surface area contributed by atoms with Crippen LogP contribution in [0.1, 0.15) is 57.1 Å². The van der Waals surface area contributed by atoms with Crippen LogP contribution in [0.15, 0.2) is 11.0 Å². The first-order chi connectivity index (χ1) is 12.5. The predicted molar refractivity (Wildman–Crippen MR) is 96.8 cm³/mol. The molecular formula is C18H29N3O5. The van der Waals surface area contributed by atoms with Gasteiger partial charge in [0.05, 0.1) is 12.7 Å². The number of methoxy groups -OCH3 is 1. The standard InChI is InChI=1S/C18H29N3O5/c1-3-4-5-6-16(24)19-17-13(11-26-2)9-21(18(25)20-17)14-7-12(10-22)15(23)8-14/h9,12,14-15,22-23H,3-8,10-11H2,1-2H3,(H,19,20,24,25)/t12-,14-,15+/m1/s1. The number of unbranched alkanes of at least 4 members (excludes halogenated alkanes) is 2. The zero-order valence-electron chi connectivity index (χ0n) is 15.5. The highest BCUT2D eigenvalue weighted by atomic mass is 16.5. The molecule has 0 aromatic carbocycles. The van der Waals surface area contributed by atoms with Crippen molar-refractivity contribution in [3.63, 3.8) is 0 Å². The van der Waals surface area contributed by atoms with Crippen LogP contribution >= 0.6 is 0 Å². The first-order valence-corrected chi connectivity index (χ1v) is 9.19. The molecule has 2 rings (SSSR count). The van der Waals surface area contributed by atoms with Crippen LogP contribution in [-0.4, -0.2) is 45.5 Å². The second kappa shape index (κ2) is 9.80. The number of amides is 1. The van der Waals surface area contributed by atoms with Crippen molar-refractivity contribution in [3.8, 4) is 0 Å². The number of nitrogens with zero attached hydrogens (tertiary/aromatic N) is 2. The van der Waals surface area contributed by atoms with Crippen LogP contribution in [0.3, 0.4) is 0 Å². The van der Waals surface area contributed by atoms with Crippen molar-refractivity contribution < 1.29 is 19.7 Å². The predicted octanol–water partition coefficient (Wildman–Crippen LogP) is 1.21. The van der Waals surface area contributed by atoms with Gasteiger partial charge in [0.15, 0.2) is 0 Å². The van der Waals surface area contributed by atoms with Crippen molar-refractivity contribution in [2.45, 2.75) is 64.2 Å². The summed E-state index contributed by atoms with van der Waals surface area (Å²) in [7, 11) is 1.53. The van der Waals surface area contributed by atoms with Crippen LogP contribution in [0, 0.1) is 5.92 Å². The average molecular weight is 367 g/mol. The lowest BCUT2D eigenvalue weighted by atomic mass is 10.1. The topological polar surface area (TPSA) is 114 Å². The molecule has 1 aromatic heterocycles. The number of hydrogen-bond acceptors (Lipinski definition) is 6. The molecule has 8 nitrogen and oxygen atoms in total. The Labute approximate surface area is 153 Å². The first kappa shape index (κ1) is 20.5. The maximum Gasteiger partial charge on any atom is 0.349 e. The second-order valence-corrected chi connectivity index (χ2v) is 6.88. The van der Waals surface area contributed by atoms with E-state index in [4.69, 9.17) is 4.74 Å². The Morgan fingerprint density at radius 3 is 2.81 bits per heavy atom. The molecule has 8 heteroatoms. The van der Waals surface area contributed by atoms with E-state index in [0.717, 1.165) is 19.3 Å². The molecule has 1 fully saturated rings. The highest BCUT2D eigenvalue weighted by Crippen LogP contribution is 2.34. The molecule has 1 heterocycles. The zero-order chi connectivity index (χ0) is 19.1. The number of ether oxygens (including phenoxy) is 1. The van der Waals surface area contributed by atoms with Crippen molar-refractivity contribution in [3.05, 3.63) is 22.2 Å². The molecule has 0 aliphatic heterocycles. The van der Waals surface area contributed by atoms with Gasteiger partial charge in [-0.1, -0.05) is 19.8 Å². The largest absolute Gasteiger partial charge is 0.396 e. The number of carbonyl (C=O) groups is 1. The van der Waals surface area contributed by atoms with E-state index in [0.29, 0.717) is 24.8 Å². The average Bonchev–Trinajstić information content (AvgIpc) is 2.98. The number of aliphatic hydroxyl groups is 2. The van der Waals surface area contributed by atoms with Gasteiger partial charge in [0.1, 0.15) is 5.82 Å². The Bertz CT molecular complexity index is 661. The molecule has 0 unspecified atom stereocenters. The van der Waals surface area contributed by atoms with Gasteiger partial charge in [-0.05, 0) is 19.3 Å². The van der Waals surface area contributed by atoms with E-state index in [2.05, 4.69) is 17.2 Å². The number of aromatic nitrogens is 2. The van der Waals surface area contributed by atoms with Crippen molar-refractivity contribution in [1.29, 1.82) is 0 Å². The lowest BCUT2D eigenvalue weighted by molar-refractivity contribution is -0.116. The van der Waals surface area contributed by atoms with E-state index in [1.165, 1.54) is 11.7 Å². The third kappa shape index (κ3) is 5.12. The smallest absolute Gasteiger partial charge is 0.349 e. The zero-order valence-corrected chi connectivity index (χ0v) is 15.5. The minimum atomic E-state index is -0.638. The fourth-order valence-electron chi connectivity index (χ4n) is 3.37. The Balaban J connectivity index is 2.19. The highest BCUT2D eigenvalue weighted by Gasteiger charge is 2.34. The number of carbonyl (C=O) groups excluding carboxylic acids is 1. The van der Waals surface area contributed by atoms with E-state index >= 15 is 0 Å². The molecule has 1 saturated carbocycles. The summed E-state index contributed by atoms with van der Waals surface area (Å²) in [5, 5.41) is 22.0. The number of nitrogens with one attached hydrogen (secondary N) is 1. The van der Waals surface area contributed by atoms with Crippen LogP contribution in [-0.2, 0) is 16.1 Å². The number of hydrogen-bond donors (Lipinski definition) is 3. The second-order valence-electron chi connectivity index (χ2n) is 6.88. The summed E-state index contributed by atoms with van der Waals surface area (Å²) in [6.45, 7) is 2.16. The molecule has 3 N–H and O–H groups in total. The molecule has 3 atom stereocenters. The molecule has 1 aromatic rings. The first-order valence-electron chi connectivity index (χ1n) is 9.19. The third-order valence-electron chi connectivity index (χ3n) is 4.85. The van der Waals surface area contributed by atoms with Crippen molar-refractivity contribution in [2.24, 2.45) is 5.92 Å². The SMILES string of the molecule is CCCCCC(=O)Nc1nc(=O)n([C@@H]2C[C@H](CO)[C@@H](O)C2)cc1COC. The fourth-order valence-corrected chi connectivity index (χ4v) is 3.37. The number of aliphatic hydroxyl groups excluding tert-OH is 2. The van der Waals surface area contributed by atoms with Crippen LogP contribution in [0.25, 0.3) is 0 Å². The Kier molecular flexibility index (Phi) is 7.74. The van der Waals surface area contributed by atoms with Gasteiger partial charge in [0, 0.05) is 43.9 Å². The lowest BCUT2D eigenvalue weighted by Gasteiger charge is -2.17.